The Hall–Kier alpha value is -3.04. The van der Waals surface area contributed by atoms with Crippen molar-refractivity contribution >= 4 is 45.8 Å². The smallest absolute Gasteiger partial charge is 0.339 e. The molecule has 1 aliphatic rings. The predicted octanol–water partition coefficient (Wildman–Crippen LogP) is 5.14. The molecule has 2 N–H and O–H groups in total. The number of aryl methyl sites for hydroxylation is 1. The third-order valence-corrected chi connectivity index (χ3v) is 7.11. The van der Waals surface area contributed by atoms with E-state index in [2.05, 4.69) is 5.32 Å². The summed E-state index contributed by atoms with van der Waals surface area (Å²) in [6.45, 7) is 1.40. The fraction of sp³-hybridized carbons (Fsp3) is 0.136. The molecule has 1 amide bonds. The first kappa shape index (κ1) is 21.2. The summed E-state index contributed by atoms with van der Waals surface area (Å²) >= 11 is 2.03. The molecule has 4 rings (SSSR count). The van der Waals surface area contributed by atoms with Gasteiger partial charge in [0.2, 0.25) is 5.91 Å². The molecule has 0 bridgehead atoms. The second kappa shape index (κ2) is 8.24. The van der Waals surface area contributed by atoms with Gasteiger partial charge >= 0.3 is 5.97 Å². The molecule has 0 radical (unpaired) electrons. The SMILES string of the molecule is Cc1ccc(-c2csc(NC(=O)C3SCc4ccccc4C3=O)c2C(=O)O)c(F)c1F. The summed E-state index contributed by atoms with van der Waals surface area (Å²) in [5, 5.41) is 12.5. The molecular weight excluding hydrogens is 444 g/mol. The van der Waals surface area contributed by atoms with Gasteiger partial charge in [-0.25, -0.2) is 13.6 Å². The van der Waals surface area contributed by atoms with E-state index >= 15 is 0 Å². The van der Waals surface area contributed by atoms with E-state index in [9.17, 15) is 28.3 Å². The number of aromatic carboxylic acids is 1. The molecule has 0 fully saturated rings. The monoisotopic (exact) mass is 459 g/mol. The number of thioether (sulfide) groups is 1. The number of carbonyl (C=O) groups is 3. The van der Waals surface area contributed by atoms with Gasteiger partial charge in [-0.1, -0.05) is 36.4 Å². The second-order valence-electron chi connectivity index (χ2n) is 6.92. The van der Waals surface area contributed by atoms with Crippen LogP contribution in [0.1, 0.15) is 31.8 Å². The van der Waals surface area contributed by atoms with Gasteiger partial charge in [0, 0.05) is 27.8 Å². The van der Waals surface area contributed by atoms with Crippen LogP contribution in [0.15, 0.2) is 41.8 Å². The Morgan fingerprint density at radius 3 is 2.55 bits per heavy atom. The summed E-state index contributed by atoms with van der Waals surface area (Å²) < 4.78 is 28.5. The molecule has 1 aromatic heterocycles. The molecule has 0 saturated carbocycles. The average molecular weight is 459 g/mol. The van der Waals surface area contributed by atoms with Crippen LogP contribution in [-0.4, -0.2) is 28.0 Å². The van der Waals surface area contributed by atoms with Gasteiger partial charge in [-0.3, -0.25) is 9.59 Å². The molecular formula is C22H15F2NO4S2. The number of carbonyl (C=O) groups excluding carboxylic acids is 2. The van der Waals surface area contributed by atoms with E-state index in [1.54, 1.807) is 12.1 Å². The molecule has 2 heterocycles. The number of hydrogen-bond donors (Lipinski definition) is 2. The largest absolute Gasteiger partial charge is 0.478 e. The van der Waals surface area contributed by atoms with Crippen LogP contribution in [0.25, 0.3) is 11.1 Å². The summed E-state index contributed by atoms with van der Waals surface area (Å²) in [6, 6.07) is 9.64. The number of halogens is 2. The Morgan fingerprint density at radius 2 is 1.81 bits per heavy atom. The van der Waals surface area contributed by atoms with Crippen molar-refractivity contribution in [1.29, 1.82) is 0 Å². The Morgan fingerprint density at radius 1 is 1.06 bits per heavy atom. The number of thiophene rings is 1. The molecule has 0 spiro atoms. The molecule has 0 saturated heterocycles. The highest BCUT2D eigenvalue weighted by molar-refractivity contribution is 8.00. The summed E-state index contributed by atoms with van der Waals surface area (Å²) in [4.78, 5) is 37.4. The van der Waals surface area contributed by atoms with Crippen molar-refractivity contribution < 1.29 is 28.3 Å². The minimum Gasteiger partial charge on any atom is -0.478 e. The lowest BCUT2D eigenvalue weighted by atomic mass is 10.0. The van der Waals surface area contributed by atoms with Crippen molar-refractivity contribution in [3.63, 3.8) is 0 Å². The number of anilines is 1. The minimum atomic E-state index is -1.40. The van der Waals surface area contributed by atoms with Gasteiger partial charge < -0.3 is 10.4 Å². The number of ketones is 1. The van der Waals surface area contributed by atoms with Crippen molar-refractivity contribution in [2.24, 2.45) is 0 Å². The number of carboxylic acid groups (broad SMARTS) is 1. The van der Waals surface area contributed by atoms with E-state index in [1.165, 1.54) is 24.4 Å². The average Bonchev–Trinajstić information content (AvgIpc) is 3.16. The summed E-state index contributed by atoms with van der Waals surface area (Å²) in [5.41, 5.74) is 0.780. The van der Waals surface area contributed by atoms with Gasteiger partial charge in [0.1, 0.15) is 15.8 Å². The quantitative estimate of drug-likeness (QED) is 0.528. The maximum absolute atomic E-state index is 14.4. The lowest BCUT2D eigenvalue weighted by Gasteiger charge is -2.22. The van der Waals surface area contributed by atoms with Gasteiger partial charge in [-0.05, 0) is 18.1 Å². The zero-order valence-electron chi connectivity index (χ0n) is 16.1. The van der Waals surface area contributed by atoms with Crippen LogP contribution >= 0.6 is 23.1 Å². The molecule has 1 unspecified atom stereocenters. The normalized spacial score (nSPS) is 15.5. The van der Waals surface area contributed by atoms with Crippen molar-refractivity contribution in [3.8, 4) is 11.1 Å². The molecule has 0 aliphatic carbocycles. The highest BCUT2D eigenvalue weighted by Crippen LogP contribution is 2.39. The highest BCUT2D eigenvalue weighted by atomic mass is 32.2. The predicted molar refractivity (Wildman–Crippen MR) is 116 cm³/mol. The topological polar surface area (TPSA) is 83.5 Å². The number of hydrogen-bond acceptors (Lipinski definition) is 5. The second-order valence-corrected chi connectivity index (χ2v) is 8.89. The number of carboxylic acids is 1. The maximum atomic E-state index is 14.4. The summed E-state index contributed by atoms with van der Waals surface area (Å²) in [6.07, 6.45) is 0. The Bertz CT molecular complexity index is 1240. The summed E-state index contributed by atoms with van der Waals surface area (Å²) in [7, 11) is 0. The highest BCUT2D eigenvalue weighted by Gasteiger charge is 2.34. The zero-order chi connectivity index (χ0) is 22.3. The van der Waals surface area contributed by atoms with Crippen LogP contribution < -0.4 is 5.32 Å². The first-order valence-electron chi connectivity index (χ1n) is 9.14. The van der Waals surface area contributed by atoms with Gasteiger partial charge in [0.15, 0.2) is 17.4 Å². The number of amides is 1. The molecule has 158 valence electrons. The van der Waals surface area contributed by atoms with Gasteiger partial charge in [-0.2, -0.15) is 0 Å². The Labute approximate surface area is 184 Å². The molecule has 2 aromatic carbocycles. The van der Waals surface area contributed by atoms with Crippen LogP contribution in [0.3, 0.4) is 0 Å². The van der Waals surface area contributed by atoms with E-state index in [0.29, 0.717) is 11.3 Å². The van der Waals surface area contributed by atoms with Crippen molar-refractivity contribution in [2.75, 3.05) is 5.32 Å². The van der Waals surface area contributed by atoms with Crippen molar-refractivity contribution in [3.05, 3.63) is 75.7 Å². The van der Waals surface area contributed by atoms with Crippen LogP contribution in [0.4, 0.5) is 13.8 Å². The maximum Gasteiger partial charge on any atom is 0.339 e. The molecule has 3 aromatic rings. The zero-order valence-corrected chi connectivity index (χ0v) is 17.7. The third-order valence-electron chi connectivity index (χ3n) is 4.97. The van der Waals surface area contributed by atoms with Crippen LogP contribution in [-0.2, 0) is 10.5 Å². The number of Topliss-reactive ketones (excluding diaryl/α,β-unsaturated/α-hetero) is 1. The standard InChI is InChI=1S/C22H15F2NO4S2/c1-10-6-7-13(17(24)16(10)23)14-9-31-21(15(14)22(28)29)25-20(27)19-18(26)12-5-3-2-4-11(12)8-30-19/h2-7,9,19H,8H2,1H3,(H,25,27)(H,28,29). The van der Waals surface area contributed by atoms with Crippen molar-refractivity contribution in [2.45, 2.75) is 17.9 Å². The summed E-state index contributed by atoms with van der Waals surface area (Å²) in [5.74, 6) is -4.17. The fourth-order valence-corrected chi connectivity index (χ4v) is 5.41. The lowest BCUT2D eigenvalue weighted by Crippen LogP contribution is -2.35. The van der Waals surface area contributed by atoms with Crippen LogP contribution in [0.5, 0.6) is 0 Å². The first-order valence-corrected chi connectivity index (χ1v) is 11.1. The number of nitrogens with one attached hydrogen (secondary N) is 1. The molecule has 1 atom stereocenters. The number of benzene rings is 2. The third kappa shape index (κ3) is 3.75. The van der Waals surface area contributed by atoms with E-state index in [-0.39, 0.29) is 33.0 Å². The molecule has 1 aliphatic heterocycles. The Kier molecular flexibility index (Phi) is 5.63. The number of fused-ring (bicyclic) bond motifs is 1. The van der Waals surface area contributed by atoms with Gasteiger partial charge in [0.05, 0.1) is 0 Å². The minimum absolute atomic E-state index is 0.0415. The fourth-order valence-electron chi connectivity index (χ4n) is 3.36. The van der Waals surface area contributed by atoms with Crippen LogP contribution in [0, 0.1) is 18.6 Å². The van der Waals surface area contributed by atoms with E-state index < -0.39 is 28.8 Å². The van der Waals surface area contributed by atoms with Gasteiger partial charge in [0.25, 0.3) is 0 Å². The lowest BCUT2D eigenvalue weighted by molar-refractivity contribution is -0.115. The van der Waals surface area contributed by atoms with E-state index in [4.69, 9.17) is 0 Å². The molecule has 9 heteroatoms. The molecule has 5 nitrogen and oxygen atoms in total. The van der Waals surface area contributed by atoms with E-state index in [0.717, 1.165) is 28.7 Å². The van der Waals surface area contributed by atoms with Gasteiger partial charge in [-0.15, -0.1) is 23.1 Å². The number of rotatable bonds is 4. The van der Waals surface area contributed by atoms with E-state index in [1.807, 2.05) is 12.1 Å². The first-order chi connectivity index (χ1) is 14.8. The molecule has 31 heavy (non-hydrogen) atoms. The Balaban J connectivity index is 1.66. The van der Waals surface area contributed by atoms with Crippen molar-refractivity contribution in [1.82, 2.24) is 0 Å². The van der Waals surface area contributed by atoms with Crippen LogP contribution in [0.2, 0.25) is 0 Å².